The van der Waals surface area contributed by atoms with Gasteiger partial charge in [-0.1, -0.05) is 18.2 Å². The van der Waals surface area contributed by atoms with Crippen molar-refractivity contribution in [2.24, 2.45) is 10.9 Å². The van der Waals surface area contributed by atoms with Crippen molar-refractivity contribution in [3.63, 3.8) is 0 Å². The number of hydrogen-bond acceptors (Lipinski definition) is 2. The molecule has 0 amide bonds. The molecule has 0 radical (unpaired) electrons. The standard InChI is InChI=1S/C11H17NO/c1-5-6-7-10(9(2)3)11(13)8-12-4/h5,8,10H,1-2,6-7H2,3-4H3. The smallest absolute Gasteiger partial charge is 0.180 e. The summed E-state index contributed by atoms with van der Waals surface area (Å²) in [6.45, 7) is 9.29. The summed E-state index contributed by atoms with van der Waals surface area (Å²) >= 11 is 0. The van der Waals surface area contributed by atoms with Gasteiger partial charge in [0.2, 0.25) is 0 Å². The van der Waals surface area contributed by atoms with Gasteiger partial charge in [0.15, 0.2) is 5.78 Å². The van der Waals surface area contributed by atoms with E-state index in [0.717, 1.165) is 18.4 Å². The van der Waals surface area contributed by atoms with Crippen molar-refractivity contribution < 1.29 is 4.79 Å². The summed E-state index contributed by atoms with van der Waals surface area (Å²) in [4.78, 5) is 15.2. The second-order valence-corrected chi connectivity index (χ2v) is 3.05. The summed E-state index contributed by atoms with van der Waals surface area (Å²) < 4.78 is 0. The molecule has 0 aliphatic rings. The number of carbonyl (C=O) groups is 1. The fourth-order valence-electron chi connectivity index (χ4n) is 1.13. The van der Waals surface area contributed by atoms with E-state index in [1.807, 2.05) is 13.0 Å². The molecule has 0 aliphatic carbocycles. The quantitative estimate of drug-likeness (QED) is 0.455. The predicted octanol–water partition coefficient (Wildman–Crippen LogP) is 2.41. The molecule has 0 spiro atoms. The van der Waals surface area contributed by atoms with Crippen LogP contribution in [0.3, 0.4) is 0 Å². The molecule has 0 aromatic rings. The molecule has 0 rings (SSSR count). The van der Waals surface area contributed by atoms with Crippen molar-refractivity contribution in [1.29, 1.82) is 0 Å². The largest absolute Gasteiger partial charge is 0.293 e. The van der Waals surface area contributed by atoms with Gasteiger partial charge >= 0.3 is 0 Å². The van der Waals surface area contributed by atoms with E-state index in [1.165, 1.54) is 6.21 Å². The molecule has 0 saturated heterocycles. The third kappa shape index (κ3) is 4.41. The Morgan fingerprint density at radius 1 is 1.62 bits per heavy atom. The van der Waals surface area contributed by atoms with Crippen LogP contribution < -0.4 is 0 Å². The Morgan fingerprint density at radius 3 is 2.62 bits per heavy atom. The third-order valence-electron chi connectivity index (χ3n) is 1.85. The molecule has 1 atom stereocenters. The molecule has 0 aliphatic heterocycles. The van der Waals surface area contributed by atoms with E-state index in [4.69, 9.17) is 0 Å². The minimum absolute atomic E-state index is 0.0388. The normalized spacial score (nSPS) is 12.8. The van der Waals surface area contributed by atoms with Crippen LogP contribution in [0.1, 0.15) is 19.8 Å². The molecule has 2 heteroatoms. The SMILES string of the molecule is C=CCCC(C(=C)C)C(=O)C=NC. The molecule has 13 heavy (non-hydrogen) atoms. The maximum absolute atomic E-state index is 11.4. The van der Waals surface area contributed by atoms with E-state index in [0.29, 0.717) is 0 Å². The average Bonchev–Trinajstić information content (AvgIpc) is 2.05. The van der Waals surface area contributed by atoms with E-state index in [1.54, 1.807) is 7.05 Å². The van der Waals surface area contributed by atoms with Crippen molar-refractivity contribution >= 4 is 12.0 Å². The van der Waals surface area contributed by atoms with Crippen LogP contribution in [0.4, 0.5) is 0 Å². The Hall–Kier alpha value is -1.18. The minimum Gasteiger partial charge on any atom is -0.293 e. The Morgan fingerprint density at radius 2 is 2.23 bits per heavy atom. The van der Waals surface area contributed by atoms with Gasteiger partial charge in [-0.15, -0.1) is 6.58 Å². The maximum Gasteiger partial charge on any atom is 0.180 e. The van der Waals surface area contributed by atoms with Crippen LogP contribution in [-0.4, -0.2) is 19.0 Å². The lowest BCUT2D eigenvalue weighted by Crippen LogP contribution is -2.16. The van der Waals surface area contributed by atoms with Crippen molar-refractivity contribution in [3.05, 3.63) is 24.8 Å². The maximum atomic E-state index is 11.4. The summed E-state index contributed by atoms with van der Waals surface area (Å²) in [5.41, 5.74) is 0.895. The summed E-state index contributed by atoms with van der Waals surface area (Å²) in [6.07, 6.45) is 4.79. The van der Waals surface area contributed by atoms with Crippen molar-refractivity contribution in [2.75, 3.05) is 7.05 Å². The number of hydrogen-bond donors (Lipinski definition) is 0. The molecular weight excluding hydrogens is 162 g/mol. The lowest BCUT2D eigenvalue weighted by atomic mass is 9.92. The van der Waals surface area contributed by atoms with E-state index in [2.05, 4.69) is 18.2 Å². The highest BCUT2D eigenvalue weighted by atomic mass is 16.1. The van der Waals surface area contributed by atoms with Gasteiger partial charge in [0.1, 0.15) is 0 Å². The van der Waals surface area contributed by atoms with Crippen LogP contribution in [0.25, 0.3) is 0 Å². The molecule has 0 N–H and O–H groups in total. The van der Waals surface area contributed by atoms with Crippen molar-refractivity contribution in [2.45, 2.75) is 19.8 Å². The number of rotatable bonds is 6. The molecule has 1 unspecified atom stereocenters. The van der Waals surface area contributed by atoms with Gasteiger partial charge < -0.3 is 0 Å². The first-order valence-electron chi connectivity index (χ1n) is 4.35. The highest BCUT2D eigenvalue weighted by Crippen LogP contribution is 2.15. The first-order chi connectivity index (χ1) is 6.13. The lowest BCUT2D eigenvalue weighted by Gasteiger charge is -2.11. The first-order valence-corrected chi connectivity index (χ1v) is 4.35. The number of allylic oxidation sites excluding steroid dienone is 2. The summed E-state index contributed by atoms with van der Waals surface area (Å²) in [5.74, 6) is -0.0569. The van der Waals surface area contributed by atoms with Crippen molar-refractivity contribution in [1.82, 2.24) is 0 Å². The molecular formula is C11H17NO. The van der Waals surface area contributed by atoms with Crippen LogP contribution >= 0.6 is 0 Å². The van der Waals surface area contributed by atoms with E-state index in [9.17, 15) is 4.79 Å². The zero-order chi connectivity index (χ0) is 10.3. The van der Waals surface area contributed by atoms with E-state index >= 15 is 0 Å². The lowest BCUT2D eigenvalue weighted by molar-refractivity contribution is -0.115. The molecule has 0 heterocycles. The monoisotopic (exact) mass is 179 g/mol. The summed E-state index contributed by atoms with van der Waals surface area (Å²) in [6, 6.07) is 0. The second-order valence-electron chi connectivity index (χ2n) is 3.05. The van der Waals surface area contributed by atoms with Gasteiger partial charge in [0, 0.05) is 13.0 Å². The number of aliphatic imine (C=N–C) groups is 1. The van der Waals surface area contributed by atoms with Crippen LogP contribution in [-0.2, 0) is 4.79 Å². The molecule has 2 nitrogen and oxygen atoms in total. The van der Waals surface area contributed by atoms with Gasteiger partial charge in [-0.25, -0.2) is 0 Å². The number of nitrogens with zero attached hydrogens (tertiary/aromatic N) is 1. The number of ketones is 1. The summed E-state index contributed by atoms with van der Waals surface area (Å²) in [5, 5.41) is 0. The predicted molar refractivity (Wildman–Crippen MR) is 57.2 cm³/mol. The Kier molecular flexibility index (Phi) is 5.77. The third-order valence-corrected chi connectivity index (χ3v) is 1.85. The van der Waals surface area contributed by atoms with Crippen LogP contribution in [0.15, 0.2) is 29.8 Å². The molecule has 72 valence electrons. The van der Waals surface area contributed by atoms with Crippen LogP contribution in [0.2, 0.25) is 0 Å². The Bertz CT molecular complexity index is 228. The van der Waals surface area contributed by atoms with E-state index < -0.39 is 0 Å². The number of Topliss-reactive ketones (excluding diaryl/α,β-unsaturated/α-hetero) is 1. The summed E-state index contributed by atoms with van der Waals surface area (Å²) in [7, 11) is 1.60. The van der Waals surface area contributed by atoms with Gasteiger partial charge in [0.05, 0.1) is 6.21 Å². The Labute approximate surface area is 80.1 Å². The highest BCUT2D eigenvalue weighted by Gasteiger charge is 2.15. The van der Waals surface area contributed by atoms with Crippen LogP contribution in [0.5, 0.6) is 0 Å². The van der Waals surface area contributed by atoms with Gasteiger partial charge in [-0.2, -0.15) is 0 Å². The first kappa shape index (κ1) is 11.8. The highest BCUT2D eigenvalue weighted by molar-refractivity contribution is 6.29. The molecule has 0 bridgehead atoms. The van der Waals surface area contributed by atoms with Gasteiger partial charge in [-0.05, 0) is 19.8 Å². The molecule has 0 aromatic heterocycles. The number of carbonyl (C=O) groups excluding carboxylic acids is 1. The van der Waals surface area contributed by atoms with Gasteiger partial charge in [-0.3, -0.25) is 9.79 Å². The zero-order valence-corrected chi connectivity index (χ0v) is 8.42. The average molecular weight is 179 g/mol. The fourth-order valence-corrected chi connectivity index (χ4v) is 1.13. The van der Waals surface area contributed by atoms with E-state index in [-0.39, 0.29) is 11.7 Å². The fraction of sp³-hybridized carbons (Fsp3) is 0.455. The van der Waals surface area contributed by atoms with Crippen LogP contribution in [0, 0.1) is 5.92 Å². The molecule has 0 aromatic carbocycles. The van der Waals surface area contributed by atoms with Crippen molar-refractivity contribution in [3.8, 4) is 0 Å². The minimum atomic E-state index is -0.0956. The topological polar surface area (TPSA) is 29.4 Å². The Balaban J connectivity index is 4.32. The molecule has 0 saturated carbocycles. The second kappa shape index (κ2) is 6.35. The molecule has 0 fully saturated rings. The van der Waals surface area contributed by atoms with Gasteiger partial charge in [0.25, 0.3) is 0 Å². The zero-order valence-electron chi connectivity index (χ0n) is 8.42.